The summed E-state index contributed by atoms with van der Waals surface area (Å²) < 4.78 is 17.2. The molecule has 0 aliphatic rings. The van der Waals surface area contributed by atoms with Gasteiger partial charge in [0.25, 0.3) is 0 Å². The second kappa shape index (κ2) is 11.9. The summed E-state index contributed by atoms with van der Waals surface area (Å²) >= 11 is 3.44. The van der Waals surface area contributed by atoms with Crippen LogP contribution in [0.5, 0.6) is 17.2 Å². The highest BCUT2D eigenvalue weighted by Gasteiger charge is 2.09. The molecule has 4 nitrogen and oxygen atoms in total. The Morgan fingerprint density at radius 2 is 1.45 bits per heavy atom. The summed E-state index contributed by atoms with van der Waals surface area (Å²) in [6.45, 7) is 0. The molecule has 0 spiro atoms. The molecular formula is C28H25BrO4. The zero-order valence-electron chi connectivity index (χ0n) is 18.7. The molecule has 0 aliphatic heterocycles. The zero-order valence-corrected chi connectivity index (χ0v) is 20.3. The molecule has 3 rings (SSSR count). The minimum atomic E-state index is -0.127. The number of carbonyl (C=O) groups excluding carboxylic acids is 1. The van der Waals surface area contributed by atoms with E-state index in [-0.39, 0.29) is 5.78 Å². The van der Waals surface area contributed by atoms with Crippen molar-refractivity contribution in [1.29, 1.82) is 0 Å². The molecule has 5 heteroatoms. The van der Waals surface area contributed by atoms with Crippen LogP contribution in [0, 0.1) is 0 Å². The Labute approximate surface area is 202 Å². The number of methoxy groups -OCH3 is 3. The highest BCUT2D eigenvalue weighted by Crippen LogP contribution is 2.31. The Morgan fingerprint density at radius 1 is 0.727 bits per heavy atom. The van der Waals surface area contributed by atoms with Gasteiger partial charge in [-0.25, -0.2) is 0 Å². The molecule has 0 fully saturated rings. The van der Waals surface area contributed by atoms with Crippen LogP contribution in [0.3, 0.4) is 0 Å². The number of benzene rings is 3. The summed E-state index contributed by atoms with van der Waals surface area (Å²) in [6, 6.07) is 19.2. The number of halogens is 1. The Morgan fingerprint density at radius 3 is 2.12 bits per heavy atom. The second-order valence-electron chi connectivity index (χ2n) is 7.06. The largest absolute Gasteiger partial charge is 0.497 e. The number of ether oxygens (including phenoxy) is 3. The first kappa shape index (κ1) is 24.1. The molecule has 168 valence electrons. The van der Waals surface area contributed by atoms with E-state index in [1.807, 2.05) is 66.7 Å². The van der Waals surface area contributed by atoms with E-state index in [4.69, 9.17) is 14.2 Å². The van der Waals surface area contributed by atoms with Gasteiger partial charge in [-0.15, -0.1) is 0 Å². The molecular weight excluding hydrogens is 480 g/mol. The lowest BCUT2D eigenvalue weighted by Crippen LogP contribution is -1.94. The highest BCUT2D eigenvalue weighted by atomic mass is 79.9. The lowest BCUT2D eigenvalue weighted by atomic mass is 10.0. The van der Waals surface area contributed by atoms with E-state index in [9.17, 15) is 4.79 Å². The molecule has 3 aromatic carbocycles. The number of ketones is 1. The summed E-state index contributed by atoms with van der Waals surface area (Å²) in [5.41, 5.74) is 3.60. The van der Waals surface area contributed by atoms with Crippen molar-refractivity contribution in [2.75, 3.05) is 21.3 Å². The third-order valence-electron chi connectivity index (χ3n) is 4.88. The van der Waals surface area contributed by atoms with Crippen molar-refractivity contribution in [1.82, 2.24) is 0 Å². The maximum absolute atomic E-state index is 12.5. The van der Waals surface area contributed by atoms with Crippen LogP contribution in [0.4, 0.5) is 0 Å². The number of rotatable bonds is 9. The SMILES string of the molecule is COc1ccc(/C=C/c2cc(OC)cc(OC)c2/C=C/C(=O)/C=C/c2cccc(Br)c2)cc1. The Balaban J connectivity index is 1.88. The van der Waals surface area contributed by atoms with E-state index >= 15 is 0 Å². The smallest absolute Gasteiger partial charge is 0.178 e. The van der Waals surface area contributed by atoms with E-state index in [2.05, 4.69) is 15.9 Å². The van der Waals surface area contributed by atoms with Crippen LogP contribution >= 0.6 is 15.9 Å². The third kappa shape index (κ3) is 6.96. The minimum absolute atomic E-state index is 0.127. The topological polar surface area (TPSA) is 44.8 Å². The Hall–Kier alpha value is -3.57. The third-order valence-corrected chi connectivity index (χ3v) is 5.37. The van der Waals surface area contributed by atoms with Crippen LogP contribution < -0.4 is 14.2 Å². The number of hydrogen-bond acceptors (Lipinski definition) is 4. The van der Waals surface area contributed by atoms with Crippen molar-refractivity contribution < 1.29 is 19.0 Å². The molecule has 33 heavy (non-hydrogen) atoms. The first-order valence-corrected chi connectivity index (χ1v) is 11.1. The van der Waals surface area contributed by atoms with Crippen molar-refractivity contribution in [3.05, 3.63) is 99.5 Å². The van der Waals surface area contributed by atoms with Crippen LogP contribution in [0.2, 0.25) is 0 Å². The van der Waals surface area contributed by atoms with Crippen molar-refractivity contribution in [2.24, 2.45) is 0 Å². The molecule has 0 heterocycles. The molecule has 0 aliphatic carbocycles. The summed E-state index contributed by atoms with van der Waals surface area (Å²) in [6.07, 6.45) is 10.6. The summed E-state index contributed by atoms with van der Waals surface area (Å²) in [5, 5.41) is 0. The van der Waals surface area contributed by atoms with Crippen LogP contribution in [0.1, 0.15) is 22.3 Å². The van der Waals surface area contributed by atoms with Crippen molar-refractivity contribution in [3.8, 4) is 17.2 Å². The van der Waals surface area contributed by atoms with Gasteiger partial charge in [-0.05, 0) is 65.3 Å². The van der Waals surface area contributed by atoms with Crippen molar-refractivity contribution in [2.45, 2.75) is 0 Å². The van der Waals surface area contributed by atoms with Gasteiger partial charge in [0.1, 0.15) is 17.2 Å². The quantitative estimate of drug-likeness (QED) is 0.234. The number of carbonyl (C=O) groups is 1. The van der Waals surface area contributed by atoms with Gasteiger partial charge in [-0.1, -0.05) is 58.4 Å². The van der Waals surface area contributed by atoms with Gasteiger partial charge >= 0.3 is 0 Å². The molecule has 0 saturated heterocycles. The van der Waals surface area contributed by atoms with Gasteiger partial charge in [-0.3, -0.25) is 4.79 Å². The zero-order chi connectivity index (χ0) is 23.6. The van der Waals surface area contributed by atoms with Crippen molar-refractivity contribution >= 4 is 46.0 Å². The van der Waals surface area contributed by atoms with Gasteiger partial charge in [0.2, 0.25) is 0 Å². The summed E-state index contributed by atoms with van der Waals surface area (Å²) in [4.78, 5) is 12.5. The van der Waals surface area contributed by atoms with Crippen LogP contribution in [-0.4, -0.2) is 27.1 Å². The minimum Gasteiger partial charge on any atom is -0.497 e. The molecule has 0 saturated carbocycles. The summed E-state index contributed by atoms with van der Waals surface area (Å²) in [5.74, 6) is 1.95. The molecule has 0 unspecified atom stereocenters. The molecule has 0 aromatic heterocycles. The van der Waals surface area contributed by atoms with Crippen LogP contribution in [0.25, 0.3) is 24.3 Å². The number of hydrogen-bond donors (Lipinski definition) is 0. The fourth-order valence-corrected chi connectivity index (χ4v) is 3.55. The maximum Gasteiger partial charge on any atom is 0.178 e. The molecule has 0 bridgehead atoms. The lowest BCUT2D eigenvalue weighted by Gasteiger charge is -2.11. The standard InChI is InChI=1S/C28H25BrO4/c1-31-25-14-9-20(10-15-25)7-11-22-18-26(32-2)19-28(33-3)27(22)16-13-24(30)12-8-21-5-4-6-23(29)17-21/h4-19H,1-3H3/b11-7+,12-8+,16-13+. The Kier molecular flexibility index (Phi) is 8.67. The van der Waals surface area contributed by atoms with E-state index < -0.39 is 0 Å². The van der Waals surface area contributed by atoms with Gasteiger partial charge in [0.15, 0.2) is 5.78 Å². The fourth-order valence-electron chi connectivity index (χ4n) is 3.14. The maximum atomic E-state index is 12.5. The summed E-state index contributed by atoms with van der Waals surface area (Å²) in [7, 11) is 4.84. The normalized spacial score (nSPS) is 11.4. The van der Waals surface area contributed by atoms with Crippen LogP contribution in [-0.2, 0) is 4.79 Å². The fraction of sp³-hybridized carbons (Fsp3) is 0.107. The van der Waals surface area contributed by atoms with Gasteiger partial charge < -0.3 is 14.2 Å². The predicted octanol–water partition coefficient (Wildman–Crippen LogP) is 6.94. The van der Waals surface area contributed by atoms with E-state index in [0.29, 0.717) is 11.5 Å². The average molecular weight is 505 g/mol. The lowest BCUT2D eigenvalue weighted by molar-refractivity contribution is -0.110. The van der Waals surface area contributed by atoms with Crippen LogP contribution in [0.15, 0.2) is 77.3 Å². The van der Waals surface area contributed by atoms with Crippen molar-refractivity contribution in [3.63, 3.8) is 0 Å². The first-order valence-electron chi connectivity index (χ1n) is 10.3. The monoisotopic (exact) mass is 504 g/mol. The molecule has 0 amide bonds. The van der Waals surface area contributed by atoms with Gasteiger partial charge in [0, 0.05) is 16.1 Å². The van der Waals surface area contributed by atoms with Gasteiger partial charge in [-0.2, -0.15) is 0 Å². The van der Waals surface area contributed by atoms with E-state index in [1.165, 1.54) is 6.08 Å². The predicted molar refractivity (Wildman–Crippen MR) is 139 cm³/mol. The average Bonchev–Trinajstić information content (AvgIpc) is 2.85. The molecule has 0 radical (unpaired) electrons. The molecule has 0 atom stereocenters. The van der Waals surface area contributed by atoms with Gasteiger partial charge in [0.05, 0.1) is 21.3 Å². The molecule has 0 N–H and O–H groups in total. The second-order valence-corrected chi connectivity index (χ2v) is 7.98. The molecule has 3 aromatic rings. The first-order chi connectivity index (χ1) is 16.0. The number of allylic oxidation sites excluding steroid dienone is 2. The Bertz CT molecular complexity index is 1190. The van der Waals surface area contributed by atoms with E-state index in [1.54, 1.807) is 45.6 Å². The van der Waals surface area contributed by atoms with E-state index in [0.717, 1.165) is 32.5 Å². The highest BCUT2D eigenvalue weighted by molar-refractivity contribution is 9.10.